The molecule has 2 fully saturated rings. The van der Waals surface area contributed by atoms with Gasteiger partial charge >= 0.3 is 6.18 Å². The van der Waals surface area contributed by atoms with Crippen molar-refractivity contribution in [1.82, 2.24) is 10.0 Å². The highest BCUT2D eigenvalue weighted by atomic mass is 19.4. The van der Waals surface area contributed by atoms with Gasteiger partial charge in [-0.25, -0.2) is 4.98 Å². The molecule has 3 heterocycles. The Labute approximate surface area is 222 Å². The first-order chi connectivity index (χ1) is 18.2. The molecule has 6 nitrogen and oxygen atoms in total. The van der Waals surface area contributed by atoms with Crippen LogP contribution in [0.15, 0.2) is 60.8 Å². The number of pyridine rings is 1. The SMILES string of the molecule is Cc1ccc(N2CCN(c3cc(ON4CCC(Nc5ccc(C)c(C(F)(F)F)c5)CC4)ccn3)CC2)cc1. The van der Waals surface area contributed by atoms with E-state index in [1.807, 2.05) is 17.2 Å². The number of nitrogens with zero attached hydrogens (tertiary/aromatic N) is 4. The molecule has 0 spiro atoms. The summed E-state index contributed by atoms with van der Waals surface area (Å²) in [6.45, 7) is 8.59. The number of piperidine rings is 1. The van der Waals surface area contributed by atoms with Gasteiger partial charge in [-0.15, -0.1) is 5.06 Å². The molecule has 0 radical (unpaired) electrons. The zero-order valence-corrected chi connectivity index (χ0v) is 21.8. The monoisotopic (exact) mass is 525 g/mol. The van der Waals surface area contributed by atoms with E-state index in [2.05, 4.69) is 51.3 Å². The van der Waals surface area contributed by atoms with E-state index >= 15 is 0 Å². The molecule has 2 aromatic carbocycles. The summed E-state index contributed by atoms with van der Waals surface area (Å²) in [7, 11) is 0. The molecular weight excluding hydrogens is 491 g/mol. The summed E-state index contributed by atoms with van der Waals surface area (Å²) in [4.78, 5) is 15.4. The lowest BCUT2D eigenvalue weighted by Crippen LogP contribution is -2.46. The van der Waals surface area contributed by atoms with Crippen LogP contribution in [0.5, 0.6) is 5.75 Å². The van der Waals surface area contributed by atoms with E-state index in [1.54, 1.807) is 12.3 Å². The normalized spacial score (nSPS) is 17.5. The first-order valence-electron chi connectivity index (χ1n) is 13.1. The van der Waals surface area contributed by atoms with Crippen LogP contribution in [0.3, 0.4) is 0 Å². The Bertz CT molecular complexity index is 1220. The predicted octanol–water partition coefficient (Wildman–Crippen LogP) is 5.91. The average molecular weight is 526 g/mol. The largest absolute Gasteiger partial charge is 0.416 e. The van der Waals surface area contributed by atoms with Crippen LogP contribution in [0, 0.1) is 13.8 Å². The van der Waals surface area contributed by atoms with E-state index in [1.165, 1.54) is 30.3 Å². The maximum absolute atomic E-state index is 13.3. The first-order valence-corrected chi connectivity index (χ1v) is 13.1. The number of piperazine rings is 1. The maximum Gasteiger partial charge on any atom is 0.416 e. The van der Waals surface area contributed by atoms with Gasteiger partial charge in [0.2, 0.25) is 0 Å². The number of rotatable bonds is 6. The number of alkyl halides is 3. The Morgan fingerprint density at radius 1 is 0.842 bits per heavy atom. The minimum absolute atomic E-state index is 0.0940. The van der Waals surface area contributed by atoms with Crippen molar-refractivity contribution in [2.75, 3.05) is 54.4 Å². The third-order valence-corrected chi connectivity index (χ3v) is 7.32. The van der Waals surface area contributed by atoms with Crippen LogP contribution in [0.1, 0.15) is 29.5 Å². The van der Waals surface area contributed by atoms with E-state index in [-0.39, 0.29) is 11.6 Å². The van der Waals surface area contributed by atoms with Gasteiger partial charge in [-0.1, -0.05) is 23.8 Å². The van der Waals surface area contributed by atoms with Crippen molar-refractivity contribution >= 4 is 17.2 Å². The first kappa shape index (κ1) is 26.2. The van der Waals surface area contributed by atoms with Gasteiger partial charge in [-0.3, -0.25) is 0 Å². The van der Waals surface area contributed by atoms with Crippen LogP contribution in [0.4, 0.5) is 30.4 Å². The number of aryl methyl sites for hydroxylation is 2. The second-order valence-corrected chi connectivity index (χ2v) is 10.1. The molecule has 0 amide bonds. The van der Waals surface area contributed by atoms with Crippen molar-refractivity contribution in [3.63, 3.8) is 0 Å². The molecular formula is C29H34F3N5O. The van der Waals surface area contributed by atoms with Gasteiger partial charge < -0.3 is 20.0 Å². The number of nitrogens with one attached hydrogen (secondary N) is 1. The standard InChI is InChI=1S/C29H34F3N5O/c1-21-3-7-25(8-4-21)35-15-17-36(18-16-35)28-20-26(9-12-33-28)38-37-13-10-23(11-14-37)34-24-6-5-22(2)27(19-24)29(30,31)32/h3-9,12,19-20,23,34H,10-11,13-18H2,1-2H3. The van der Waals surface area contributed by atoms with E-state index in [9.17, 15) is 13.2 Å². The molecule has 0 atom stereocenters. The van der Waals surface area contributed by atoms with Crippen molar-refractivity contribution in [3.05, 3.63) is 77.5 Å². The number of halogens is 3. The molecule has 1 aromatic heterocycles. The molecule has 0 unspecified atom stereocenters. The predicted molar refractivity (Wildman–Crippen MR) is 145 cm³/mol. The quantitative estimate of drug-likeness (QED) is 0.432. The van der Waals surface area contributed by atoms with Crippen molar-refractivity contribution < 1.29 is 18.0 Å². The number of anilines is 3. The Balaban J connectivity index is 1.11. The molecule has 3 aromatic rings. The van der Waals surface area contributed by atoms with Crippen LogP contribution in [0.25, 0.3) is 0 Å². The number of hydrogen-bond donors (Lipinski definition) is 1. The molecule has 0 aliphatic carbocycles. The second kappa shape index (κ2) is 11.1. The number of aromatic nitrogens is 1. The smallest absolute Gasteiger partial charge is 0.406 e. The lowest BCUT2D eigenvalue weighted by atomic mass is 10.0. The van der Waals surface area contributed by atoms with Crippen LogP contribution < -0.4 is 20.0 Å². The van der Waals surface area contributed by atoms with Gasteiger partial charge in [-0.2, -0.15) is 13.2 Å². The van der Waals surface area contributed by atoms with E-state index < -0.39 is 11.7 Å². The average Bonchev–Trinajstić information content (AvgIpc) is 2.91. The molecule has 0 bridgehead atoms. The van der Waals surface area contributed by atoms with E-state index in [0.717, 1.165) is 50.6 Å². The molecule has 9 heteroatoms. The highest BCUT2D eigenvalue weighted by molar-refractivity contribution is 5.52. The zero-order valence-electron chi connectivity index (χ0n) is 21.8. The molecule has 1 N–H and O–H groups in total. The summed E-state index contributed by atoms with van der Waals surface area (Å²) in [5.41, 5.74) is 2.66. The van der Waals surface area contributed by atoms with Gasteiger partial charge in [0.1, 0.15) is 5.82 Å². The maximum atomic E-state index is 13.3. The lowest BCUT2D eigenvalue weighted by Gasteiger charge is -2.37. The zero-order chi connectivity index (χ0) is 26.7. The Hall–Kier alpha value is -3.46. The van der Waals surface area contributed by atoms with Gasteiger partial charge in [0.05, 0.1) is 5.56 Å². The van der Waals surface area contributed by atoms with Crippen LogP contribution in [-0.2, 0) is 6.18 Å². The lowest BCUT2D eigenvalue weighted by molar-refractivity contribution is -0.138. The Morgan fingerprint density at radius 3 is 2.21 bits per heavy atom. The van der Waals surface area contributed by atoms with Crippen molar-refractivity contribution in [2.45, 2.75) is 38.9 Å². The number of hydrogen-bond acceptors (Lipinski definition) is 6. The van der Waals surface area contributed by atoms with Gasteiger partial charge in [0, 0.05) is 75.0 Å². The fourth-order valence-electron chi connectivity index (χ4n) is 5.07. The highest BCUT2D eigenvalue weighted by Crippen LogP contribution is 2.34. The van der Waals surface area contributed by atoms with Crippen LogP contribution in [0.2, 0.25) is 0 Å². The molecule has 2 saturated heterocycles. The van der Waals surface area contributed by atoms with Crippen molar-refractivity contribution in [1.29, 1.82) is 0 Å². The van der Waals surface area contributed by atoms with E-state index in [0.29, 0.717) is 18.8 Å². The molecule has 38 heavy (non-hydrogen) atoms. The summed E-state index contributed by atoms with van der Waals surface area (Å²) in [6, 6.07) is 17.0. The minimum atomic E-state index is -4.35. The Kier molecular flexibility index (Phi) is 7.65. The fraction of sp³-hybridized carbons (Fsp3) is 0.414. The molecule has 5 rings (SSSR count). The second-order valence-electron chi connectivity index (χ2n) is 10.1. The van der Waals surface area contributed by atoms with Gasteiger partial charge in [0.25, 0.3) is 0 Å². The minimum Gasteiger partial charge on any atom is -0.406 e. The summed E-state index contributed by atoms with van der Waals surface area (Å²) >= 11 is 0. The summed E-state index contributed by atoms with van der Waals surface area (Å²) in [6.07, 6.45) is -1.03. The van der Waals surface area contributed by atoms with Crippen molar-refractivity contribution in [3.8, 4) is 5.75 Å². The third-order valence-electron chi connectivity index (χ3n) is 7.32. The van der Waals surface area contributed by atoms with Gasteiger partial charge in [0.15, 0.2) is 5.75 Å². The molecule has 2 aliphatic rings. The summed E-state index contributed by atoms with van der Waals surface area (Å²) in [5, 5.41) is 5.19. The third kappa shape index (κ3) is 6.32. The molecule has 2 aliphatic heterocycles. The molecule has 202 valence electrons. The summed E-state index contributed by atoms with van der Waals surface area (Å²) < 4.78 is 39.8. The van der Waals surface area contributed by atoms with Gasteiger partial charge in [-0.05, 0) is 56.5 Å². The van der Waals surface area contributed by atoms with Crippen LogP contribution >= 0.6 is 0 Å². The van der Waals surface area contributed by atoms with Crippen molar-refractivity contribution in [2.24, 2.45) is 0 Å². The van der Waals surface area contributed by atoms with E-state index in [4.69, 9.17) is 4.84 Å². The highest BCUT2D eigenvalue weighted by Gasteiger charge is 2.32. The van der Waals surface area contributed by atoms with Crippen LogP contribution in [-0.4, -0.2) is 55.4 Å². The topological polar surface area (TPSA) is 43.9 Å². The Morgan fingerprint density at radius 2 is 1.53 bits per heavy atom. The summed E-state index contributed by atoms with van der Waals surface area (Å²) in [5.74, 6) is 1.65. The molecule has 0 saturated carbocycles. The number of benzene rings is 2. The fourth-order valence-corrected chi connectivity index (χ4v) is 5.07. The number of hydroxylamine groups is 2.